The van der Waals surface area contributed by atoms with E-state index in [1.54, 1.807) is 18.2 Å². The van der Waals surface area contributed by atoms with Gasteiger partial charge in [-0.25, -0.2) is 4.79 Å². The molecule has 2 amide bonds. The van der Waals surface area contributed by atoms with Gasteiger partial charge in [0.15, 0.2) is 0 Å². The van der Waals surface area contributed by atoms with Crippen LogP contribution in [0.25, 0.3) is 0 Å². The molecule has 0 aliphatic carbocycles. The van der Waals surface area contributed by atoms with Crippen molar-refractivity contribution < 1.29 is 4.79 Å². The molecule has 0 unspecified atom stereocenters. The van der Waals surface area contributed by atoms with Gasteiger partial charge in [-0.1, -0.05) is 11.6 Å². The van der Waals surface area contributed by atoms with Crippen LogP contribution >= 0.6 is 11.6 Å². The van der Waals surface area contributed by atoms with Crippen LogP contribution in [0.3, 0.4) is 0 Å². The van der Waals surface area contributed by atoms with E-state index in [0.29, 0.717) is 22.9 Å². The van der Waals surface area contributed by atoms with Crippen LogP contribution < -0.4 is 16.4 Å². The van der Waals surface area contributed by atoms with Crippen molar-refractivity contribution >= 4 is 29.0 Å². The number of nitrogens with two attached hydrogens (primary N) is 1. The number of nitrogen functional groups attached to an aromatic ring is 1. The van der Waals surface area contributed by atoms with Gasteiger partial charge in [-0.2, -0.15) is 0 Å². The molecule has 0 saturated carbocycles. The van der Waals surface area contributed by atoms with Crippen LogP contribution in [0.4, 0.5) is 16.2 Å². The molecule has 1 rings (SSSR count). The number of rotatable bonds is 2. The van der Waals surface area contributed by atoms with Crippen LogP contribution in [0.5, 0.6) is 0 Å². The minimum absolute atomic E-state index is 0.292. The normalized spacial score (nSPS) is 9.57. The van der Waals surface area contributed by atoms with E-state index in [9.17, 15) is 4.79 Å². The summed E-state index contributed by atoms with van der Waals surface area (Å²) in [5, 5.41) is 5.64. The summed E-state index contributed by atoms with van der Waals surface area (Å²) in [6.07, 6.45) is 0. The van der Waals surface area contributed by atoms with Gasteiger partial charge in [0, 0.05) is 12.2 Å². The first-order valence-corrected chi connectivity index (χ1v) is 4.61. The van der Waals surface area contributed by atoms with Crippen molar-refractivity contribution in [3.05, 3.63) is 23.2 Å². The maximum atomic E-state index is 11.2. The van der Waals surface area contributed by atoms with E-state index in [4.69, 9.17) is 17.3 Å². The maximum Gasteiger partial charge on any atom is 0.319 e. The van der Waals surface area contributed by atoms with Crippen LogP contribution in [0, 0.1) is 0 Å². The molecule has 4 nitrogen and oxygen atoms in total. The molecule has 0 aliphatic heterocycles. The van der Waals surface area contributed by atoms with Crippen molar-refractivity contribution in [2.75, 3.05) is 17.6 Å². The number of amides is 2. The zero-order chi connectivity index (χ0) is 10.6. The van der Waals surface area contributed by atoms with Gasteiger partial charge < -0.3 is 16.4 Å². The van der Waals surface area contributed by atoms with Crippen molar-refractivity contribution in [2.45, 2.75) is 6.92 Å². The van der Waals surface area contributed by atoms with Gasteiger partial charge in [-0.15, -0.1) is 0 Å². The zero-order valence-electron chi connectivity index (χ0n) is 7.80. The Kier molecular flexibility index (Phi) is 3.59. The molecule has 0 atom stereocenters. The van der Waals surface area contributed by atoms with E-state index < -0.39 is 0 Å². The first kappa shape index (κ1) is 10.7. The number of carbonyl (C=O) groups is 1. The Hall–Kier alpha value is -1.42. The fourth-order valence-electron chi connectivity index (χ4n) is 0.966. The third-order valence-corrected chi connectivity index (χ3v) is 1.91. The summed E-state index contributed by atoms with van der Waals surface area (Å²) < 4.78 is 0. The summed E-state index contributed by atoms with van der Waals surface area (Å²) in [6, 6.07) is 4.63. The highest BCUT2D eigenvalue weighted by Gasteiger charge is 2.04. The summed E-state index contributed by atoms with van der Waals surface area (Å²) in [4.78, 5) is 11.2. The number of nitrogens with one attached hydrogen (secondary N) is 2. The Bertz CT molecular complexity index is 341. The Morgan fingerprint density at radius 2 is 2.29 bits per heavy atom. The Morgan fingerprint density at radius 3 is 2.93 bits per heavy atom. The molecule has 0 spiro atoms. The van der Waals surface area contributed by atoms with Gasteiger partial charge in [-0.3, -0.25) is 0 Å². The second kappa shape index (κ2) is 4.72. The first-order chi connectivity index (χ1) is 6.63. The molecule has 0 fully saturated rings. The van der Waals surface area contributed by atoms with Crippen LogP contribution in [-0.4, -0.2) is 12.6 Å². The summed E-state index contributed by atoms with van der Waals surface area (Å²) in [7, 11) is 0. The number of carbonyl (C=O) groups excluding carboxylic acids is 1. The van der Waals surface area contributed by atoms with E-state index in [0.717, 1.165) is 0 Å². The van der Waals surface area contributed by atoms with Crippen molar-refractivity contribution in [1.29, 1.82) is 0 Å². The van der Waals surface area contributed by atoms with Gasteiger partial charge in [0.2, 0.25) is 0 Å². The van der Waals surface area contributed by atoms with Gasteiger partial charge in [-0.05, 0) is 25.1 Å². The SMILES string of the molecule is CCNC(=O)Nc1cc(N)ccc1Cl. The lowest BCUT2D eigenvalue weighted by molar-refractivity contribution is 0.252. The Labute approximate surface area is 87.4 Å². The van der Waals surface area contributed by atoms with E-state index in [-0.39, 0.29) is 6.03 Å². The number of benzene rings is 1. The van der Waals surface area contributed by atoms with E-state index in [2.05, 4.69) is 10.6 Å². The standard InChI is InChI=1S/C9H12ClN3O/c1-2-12-9(14)13-8-5-6(11)3-4-7(8)10/h3-5H,2,11H2,1H3,(H2,12,13,14). The molecule has 0 saturated heterocycles. The second-order valence-electron chi connectivity index (χ2n) is 2.72. The second-order valence-corrected chi connectivity index (χ2v) is 3.13. The molecular weight excluding hydrogens is 202 g/mol. The Balaban J connectivity index is 2.75. The topological polar surface area (TPSA) is 67.2 Å². The predicted molar refractivity (Wildman–Crippen MR) is 58.6 cm³/mol. The van der Waals surface area contributed by atoms with Gasteiger partial charge in [0.05, 0.1) is 10.7 Å². The molecule has 0 aromatic heterocycles. The van der Waals surface area contributed by atoms with Gasteiger partial charge in [0.1, 0.15) is 0 Å². The third-order valence-electron chi connectivity index (χ3n) is 1.58. The molecule has 14 heavy (non-hydrogen) atoms. The average molecular weight is 214 g/mol. The Morgan fingerprint density at radius 1 is 1.57 bits per heavy atom. The lowest BCUT2D eigenvalue weighted by Gasteiger charge is -2.07. The molecule has 0 bridgehead atoms. The summed E-state index contributed by atoms with van der Waals surface area (Å²) in [5.41, 5.74) is 6.62. The van der Waals surface area contributed by atoms with Crippen molar-refractivity contribution in [3.8, 4) is 0 Å². The minimum atomic E-state index is -0.292. The molecule has 5 heteroatoms. The predicted octanol–water partition coefficient (Wildman–Crippen LogP) is 2.06. The number of halogens is 1. The largest absolute Gasteiger partial charge is 0.399 e. The molecule has 1 aromatic carbocycles. The molecule has 4 N–H and O–H groups in total. The van der Waals surface area contributed by atoms with Gasteiger partial charge in [0.25, 0.3) is 0 Å². The molecule has 0 aliphatic rings. The monoisotopic (exact) mass is 213 g/mol. The van der Waals surface area contributed by atoms with Gasteiger partial charge >= 0.3 is 6.03 Å². The fourth-order valence-corrected chi connectivity index (χ4v) is 1.13. The smallest absolute Gasteiger partial charge is 0.319 e. The highest BCUT2D eigenvalue weighted by Crippen LogP contribution is 2.23. The molecule has 0 heterocycles. The maximum absolute atomic E-state index is 11.2. The third kappa shape index (κ3) is 2.81. The van der Waals surface area contributed by atoms with E-state index in [1.807, 2.05) is 6.92 Å². The number of urea groups is 1. The minimum Gasteiger partial charge on any atom is -0.399 e. The van der Waals surface area contributed by atoms with Crippen LogP contribution in [0.2, 0.25) is 5.02 Å². The first-order valence-electron chi connectivity index (χ1n) is 4.23. The highest BCUT2D eigenvalue weighted by molar-refractivity contribution is 6.33. The number of anilines is 2. The lowest BCUT2D eigenvalue weighted by Crippen LogP contribution is -2.28. The summed E-state index contributed by atoms with van der Waals surface area (Å²) in [5.74, 6) is 0. The summed E-state index contributed by atoms with van der Waals surface area (Å²) >= 11 is 5.84. The molecule has 0 radical (unpaired) electrons. The van der Waals surface area contributed by atoms with E-state index in [1.165, 1.54) is 0 Å². The average Bonchev–Trinajstić information content (AvgIpc) is 2.12. The van der Waals surface area contributed by atoms with Crippen molar-refractivity contribution in [1.82, 2.24) is 5.32 Å². The molecule has 1 aromatic rings. The zero-order valence-corrected chi connectivity index (χ0v) is 8.56. The lowest BCUT2D eigenvalue weighted by atomic mass is 10.3. The molecular formula is C9H12ClN3O. The van der Waals surface area contributed by atoms with Crippen LogP contribution in [0.1, 0.15) is 6.92 Å². The van der Waals surface area contributed by atoms with Crippen LogP contribution in [-0.2, 0) is 0 Å². The number of hydrogen-bond acceptors (Lipinski definition) is 2. The quantitative estimate of drug-likeness (QED) is 0.659. The number of hydrogen-bond donors (Lipinski definition) is 3. The van der Waals surface area contributed by atoms with Crippen molar-refractivity contribution in [2.24, 2.45) is 0 Å². The fraction of sp³-hybridized carbons (Fsp3) is 0.222. The summed E-state index contributed by atoms with van der Waals surface area (Å²) in [6.45, 7) is 2.40. The molecule has 76 valence electrons. The van der Waals surface area contributed by atoms with Crippen molar-refractivity contribution in [3.63, 3.8) is 0 Å². The highest BCUT2D eigenvalue weighted by atomic mass is 35.5. The van der Waals surface area contributed by atoms with E-state index >= 15 is 0 Å². The van der Waals surface area contributed by atoms with Crippen LogP contribution in [0.15, 0.2) is 18.2 Å².